The molecule has 20 heavy (non-hydrogen) atoms. The van der Waals surface area contributed by atoms with Crippen molar-refractivity contribution in [1.82, 2.24) is 19.4 Å². The van der Waals surface area contributed by atoms with Crippen molar-refractivity contribution in [1.29, 1.82) is 0 Å². The molecule has 0 spiro atoms. The molecule has 5 heteroatoms. The molecule has 0 amide bonds. The SMILES string of the molecule is ClCc1nc2cccnc2n1C1CCN2CCCC2C1. The van der Waals surface area contributed by atoms with E-state index in [9.17, 15) is 0 Å². The quantitative estimate of drug-likeness (QED) is 0.798. The molecule has 2 aliphatic rings. The second-order valence-electron chi connectivity index (χ2n) is 5.89. The van der Waals surface area contributed by atoms with Gasteiger partial charge in [-0.1, -0.05) is 0 Å². The van der Waals surface area contributed by atoms with Crippen molar-refractivity contribution in [2.24, 2.45) is 0 Å². The molecule has 4 heterocycles. The maximum absolute atomic E-state index is 6.11. The number of rotatable bonds is 2. The van der Waals surface area contributed by atoms with E-state index in [1.807, 2.05) is 18.3 Å². The van der Waals surface area contributed by atoms with Crippen LogP contribution in [0.15, 0.2) is 18.3 Å². The van der Waals surface area contributed by atoms with Crippen LogP contribution >= 0.6 is 11.6 Å². The van der Waals surface area contributed by atoms with E-state index in [0.29, 0.717) is 11.9 Å². The van der Waals surface area contributed by atoms with Crippen LogP contribution in [0.2, 0.25) is 0 Å². The van der Waals surface area contributed by atoms with E-state index in [1.54, 1.807) is 0 Å². The van der Waals surface area contributed by atoms with Gasteiger partial charge in [0.2, 0.25) is 0 Å². The largest absolute Gasteiger partial charge is 0.308 e. The Balaban J connectivity index is 1.73. The van der Waals surface area contributed by atoms with Crippen LogP contribution in [-0.4, -0.2) is 38.6 Å². The number of pyridine rings is 1. The third-order valence-corrected chi connectivity index (χ3v) is 5.04. The Kier molecular flexibility index (Phi) is 3.15. The van der Waals surface area contributed by atoms with Gasteiger partial charge in [-0.25, -0.2) is 9.97 Å². The fourth-order valence-electron chi connectivity index (χ4n) is 3.89. The molecule has 0 aromatic carbocycles. The maximum Gasteiger partial charge on any atom is 0.160 e. The Labute approximate surface area is 123 Å². The first kappa shape index (κ1) is 12.6. The van der Waals surface area contributed by atoms with Gasteiger partial charge >= 0.3 is 0 Å². The summed E-state index contributed by atoms with van der Waals surface area (Å²) in [7, 11) is 0. The van der Waals surface area contributed by atoms with Gasteiger partial charge in [0.05, 0.1) is 5.88 Å². The first-order valence-electron chi connectivity index (χ1n) is 7.48. The first-order chi connectivity index (χ1) is 9.86. The summed E-state index contributed by atoms with van der Waals surface area (Å²) in [5, 5.41) is 0. The molecule has 0 saturated carbocycles. The smallest absolute Gasteiger partial charge is 0.160 e. The second-order valence-corrected chi connectivity index (χ2v) is 6.16. The van der Waals surface area contributed by atoms with Gasteiger partial charge in [-0.3, -0.25) is 0 Å². The fraction of sp³-hybridized carbons (Fsp3) is 0.600. The van der Waals surface area contributed by atoms with Crippen molar-refractivity contribution in [2.75, 3.05) is 13.1 Å². The third-order valence-electron chi connectivity index (χ3n) is 4.80. The summed E-state index contributed by atoms with van der Waals surface area (Å²) in [6, 6.07) is 5.22. The van der Waals surface area contributed by atoms with Crippen molar-refractivity contribution >= 4 is 22.8 Å². The lowest BCUT2D eigenvalue weighted by atomic mass is 9.97. The van der Waals surface area contributed by atoms with E-state index in [1.165, 1.54) is 38.8 Å². The van der Waals surface area contributed by atoms with E-state index in [4.69, 9.17) is 11.6 Å². The average Bonchev–Trinajstić information content (AvgIpc) is 3.09. The third kappa shape index (κ3) is 1.93. The van der Waals surface area contributed by atoms with Crippen LogP contribution < -0.4 is 0 Å². The predicted octanol–water partition coefficient (Wildman–Crippen LogP) is 2.97. The first-order valence-corrected chi connectivity index (χ1v) is 8.02. The zero-order chi connectivity index (χ0) is 13.5. The molecule has 2 aromatic heterocycles. The number of halogens is 1. The Hall–Kier alpha value is -1.13. The molecule has 4 nitrogen and oxygen atoms in total. The Morgan fingerprint density at radius 3 is 3.10 bits per heavy atom. The number of aromatic nitrogens is 3. The van der Waals surface area contributed by atoms with E-state index in [-0.39, 0.29) is 0 Å². The normalized spacial score (nSPS) is 27.1. The molecule has 2 saturated heterocycles. The standard InChI is InChI=1S/C15H19ClN4/c16-10-14-18-13-4-1-6-17-15(13)20(14)12-5-8-19-7-2-3-11(19)9-12/h1,4,6,11-12H,2-3,5,7-10H2. The maximum atomic E-state index is 6.11. The Morgan fingerprint density at radius 2 is 2.20 bits per heavy atom. The van der Waals surface area contributed by atoms with Gasteiger partial charge in [0.15, 0.2) is 5.65 Å². The predicted molar refractivity (Wildman–Crippen MR) is 80.0 cm³/mol. The number of nitrogens with zero attached hydrogens (tertiary/aromatic N) is 4. The van der Waals surface area contributed by atoms with Crippen LogP contribution in [0.3, 0.4) is 0 Å². The number of imidazole rings is 1. The van der Waals surface area contributed by atoms with Gasteiger partial charge in [0, 0.05) is 24.8 Å². The molecule has 2 unspecified atom stereocenters. The van der Waals surface area contributed by atoms with Gasteiger partial charge in [-0.2, -0.15) is 0 Å². The molecule has 0 aliphatic carbocycles. The van der Waals surface area contributed by atoms with Crippen LogP contribution in [-0.2, 0) is 5.88 Å². The molecule has 2 fully saturated rings. The van der Waals surface area contributed by atoms with Gasteiger partial charge < -0.3 is 9.47 Å². The van der Waals surface area contributed by atoms with Crippen molar-refractivity contribution < 1.29 is 0 Å². The van der Waals surface area contributed by atoms with Crippen molar-refractivity contribution in [3.8, 4) is 0 Å². The van der Waals surface area contributed by atoms with Gasteiger partial charge in [-0.05, 0) is 44.4 Å². The lowest BCUT2D eigenvalue weighted by Crippen LogP contribution is -2.39. The van der Waals surface area contributed by atoms with E-state index in [0.717, 1.165) is 23.0 Å². The van der Waals surface area contributed by atoms with E-state index < -0.39 is 0 Å². The summed E-state index contributed by atoms with van der Waals surface area (Å²) in [6.45, 7) is 2.48. The number of fused-ring (bicyclic) bond motifs is 2. The summed E-state index contributed by atoms with van der Waals surface area (Å²) in [4.78, 5) is 11.8. The molecule has 2 aliphatic heterocycles. The average molecular weight is 291 g/mol. The lowest BCUT2D eigenvalue weighted by Gasteiger charge is -2.36. The summed E-state index contributed by atoms with van der Waals surface area (Å²) < 4.78 is 2.30. The summed E-state index contributed by atoms with van der Waals surface area (Å²) >= 11 is 6.11. The summed E-state index contributed by atoms with van der Waals surface area (Å²) in [5.74, 6) is 1.43. The van der Waals surface area contributed by atoms with Crippen LogP contribution in [0.5, 0.6) is 0 Å². The Morgan fingerprint density at radius 1 is 1.25 bits per heavy atom. The number of alkyl halides is 1. The number of hydrogen-bond acceptors (Lipinski definition) is 3. The second kappa shape index (κ2) is 5.01. The molecular weight excluding hydrogens is 272 g/mol. The Bertz CT molecular complexity index is 623. The van der Waals surface area contributed by atoms with Gasteiger partial charge in [0.25, 0.3) is 0 Å². The zero-order valence-corrected chi connectivity index (χ0v) is 12.3. The monoisotopic (exact) mass is 290 g/mol. The highest BCUT2D eigenvalue weighted by atomic mass is 35.5. The van der Waals surface area contributed by atoms with E-state index >= 15 is 0 Å². The zero-order valence-electron chi connectivity index (χ0n) is 11.5. The molecule has 4 rings (SSSR count). The lowest BCUT2D eigenvalue weighted by molar-refractivity contribution is 0.156. The van der Waals surface area contributed by atoms with Crippen molar-refractivity contribution in [3.63, 3.8) is 0 Å². The van der Waals surface area contributed by atoms with Crippen LogP contribution in [0, 0.1) is 0 Å². The highest BCUT2D eigenvalue weighted by Crippen LogP contribution is 2.35. The molecule has 0 N–H and O–H groups in total. The highest BCUT2D eigenvalue weighted by Gasteiger charge is 2.33. The van der Waals surface area contributed by atoms with Gasteiger partial charge in [-0.15, -0.1) is 11.6 Å². The van der Waals surface area contributed by atoms with Crippen LogP contribution in [0.4, 0.5) is 0 Å². The number of piperidine rings is 1. The van der Waals surface area contributed by atoms with Gasteiger partial charge in [0.1, 0.15) is 11.3 Å². The number of hydrogen-bond donors (Lipinski definition) is 0. The topological polar surface area (TPSA) is 34.0 Å². The molecule has 2 atom stereocenters. The molecular formula is C15H19ClN4. The fourth-order valence-corrected chi connectivity index (χ4v) is 4.08. The minimum absolute atomic E-state index is 0.460. The van der Waals surface area contributed by atoms with Crippen LogP contribution in [0.1, 0.15) is 37.5 Å². The molecule has 2 aromatic rings. The van der Waals surface area contributed by atoms with Crippen LogP contribution in [0.25, 0.3) is 11.2 Å². The minimum Gasteiger partial charge on any atom is -0.308 e. The minimum atomic E-state index is 0.460. The summed E-state index contributed by atoms with van der Waals surface area (Å²) in [6.07, 6.45) is 6.94. The molecule has 0 bridgehead atoms. The highest BCUT2D eigenvalue weighted by molar-refractivity contribution is 6.16. The molecule has 106 valence electrons. The van der Waals surface area contributed by atoms with Crippen molar-refractivity contribution in [2.45, 2.75) is 43.6 Å². The molecule has 0 radical (unpaired) electrons. The van der Waals surface area contributed by atoms with E-state index in [2.05, 4.69) is 19.4 Å². The van der Waals surface area contributed by atoms with Crippen molar-refractivity contribution in [3.05, 3.63) is 24.2 Å². The summed E-state index contributed by atoms with van der Waals surface area (Å²) in [5.41, 5.74) is 1.97.